The molecule has 96 valence electrons. The van der Waals surface area contributed by atoms with Gasteiger partial charge in [0, 0.05) is 24.9 Å². The fourth-order valence-electron chi connectivity index (χ4n) is 1.78. The van der Waals surface area contributed by atoms with Crippen LogP contribution < -0.4 is 5.32 Å². The second-order valence-corrected chi connectivity index (χ2v) is 4.56. The van der Waals surface area contributed by atoms with E-state index in [1.165, 1.54) is 0 Å². The number of aromatic nitrogens is 2. The maximum atomic E-state index is 8.98. The van der Waals surface area contributed by atoms with Crippen molar-refractivity contribution in [3.05, 3.63) is 17.0 Å². The molecular formula is C12H20ClN3O. The zero-order valence-corrected chi connectivity index (χ0v) is 11.2. The summed E-state index contributed by atoms with van der Waals surface area (Å²) >= 11 is 5.75. The molecule has 1 aromatic rings. The number of aliphatic hydroxyl groups excluding tert-OH is 1. The van der Waals surface area contributed by atoms with Crippen LogP contribution in [0, 0.1) is 12.8 Å². The number of halogens is 1. The van der Waals surface area contributed by atoms with E-state index in [1.807, 2.05) is 6.92 Å². The molecule has 1 atom stereocenters. The van der Waals surface area contributed by atoms with Crippen molar-refractivity contribution in [1.82, 2.24) is 9.97 Å². The highest BCUT2D eigenvalue weighted by Gasteiger charge is 2.09. The van der Waals surface area contributed by atoms with E-state index in [2.05, 4.69) is 22.2 Å². The summed E-state index contributed by atoms with van der Waals surface area (Å²) in [7, 11) is 0. The molecule has 0 bridgehead atoms. The average molecular weight is 258 g/mol. The lowest BCUT2D eigenvalue weighted by atomic mass is 10.0. The first-order valence-electron chi connectivity index (χ1n) is 6.01. The van der Waals surface area contributed by atoms with Gasteiger partial charge < -0.3 is 10.4 Å². The van der Waals surface area contributed by atoms with Gasteiger partial charge in [-0.15, -0.1) is 0 Å². The number of nitrogens with zero attached hydrogens (tertiary/aromatic N) is 2. The first kappa shape index (κ1) is 14.2. The van der Waals surface area contributed by atoms with Gasteiger partial charge in [0.25, 0.3) is 0 Å². The molecule has 0 aliphatic carbocycles. The van der Waals surface area contributed by atoms with Gasteiger partial charge in [-0.3, -0.25) is 0 Å². The smallest absolute Gasteiger partial charge is 0.224 e. The molecule has 17 heavy (non-hydrogen) atoms. The van der Waals surface area contributed by atoms with Gasteiger partial charge in [-0.25, -0.2) is 9.97 Å². The highest BCUT2D eigenvalue weighted by molar-refractivity contribution is 6.28. The van der Waals surface area contributed by atoms with Gasteiger partial charge in [0.15, 0.2) is 0 Å². The molecule has 4 nitrogen and oxygen atoms in total. The Morgan fingerprint density at radius 3 is 2.88 bits per heavy atom. The molecule has 1 aromatic heterocycles. The predicted octanol–water partition coefficient (Wildman–Crippen LogP) is 2.65. The number of aliphatic hydroxyl groups is 1. The fourth-order valence-corrected chi connectivity index (χ4v) is 1.91. The minimum Gasteiger partial charge on any atom is -0.396 e. The van der Waals surface area contributed by atoms with Crippen LogP contribution >= 0.6 is 11.6 Å². The molecule has 0 aliphatic rings. The number of hydrogen-bond acceptors (Lipinski definition) is 4. The van der Waals surface area contributed by atoms with Crippen molar-refractivity contribution < 1.29 is 5.11 Å². The molecule has 2 N–H and O–H groups in total. The molecule has 0 saturated carbocycles. The van der Waals surface area contributed by atoms with Crippen LogP contribution in [0.1, 0.15) is 31.7 Å². The van der Waals surface area contributed by atoms with E-state index >= 15 is 0 Å². The van der Waals surface area contributed by atoms with Crippen LogP contribution in [0.15, 0.2) is 6.20 Å². The number of anilines is 1. The molecule has 0 aliphatic heterocycles. The van der Waals surface area contributed by atoms with Gasteiger partial charge in [-0.1, -0.05) is 13.3 Å². The predicted molar refractivity (Wildman–Crippen MR) is 70.4 cm³/mol. The van der Waals surface area contributed by atoms with E-state index in [1.54, 1.807) is 6.20 Å². The Bertz CT molecular complexity index is 341. The highest BCUT2D eigenvalue weighted by Crippen LogP contribution is 2.16. The molecular weight excluding hydrogens is 238 g/mol. The first-order chi connectivity index (χ1) is 8.17. The molecule has 5 heteroatoms. The van der Waals surface area contributed by atoms with Gasteiger partial charge >= 0.3 is 0 Å². The SMILES string of the molecule is CCCC(CCO)CNc1nc(Cl)ncc1C. The number of rotatable bonds is 7. The van der Waals surface area contributed by atoms with Gasteiger partial charge in [0.1, 0.15) is 5.82 Å². The zero-order valence-electron chi connectivity index (χ0n) is 10.4. The number of hydrogen-bond donors (Lipinski definition) is 2. The monoisotopic (exact) mass is 257 g/mol. The maximum absolute atomic E-state index is 8.98. The van der Waals surface area contributed by atoms with E-state index in [0.717, 1.165) is 37.2 Å². The molecule has 0 amide bonds. The van der Waals surface area contributed by atoms with Crippen molar-refractivity contribution in [1.29, 1.82) is 0 Å². The Morgan fingerprint density at radius 1 is 1.47 bits per heavy atom. The lowest BCUT2D eigenvalue weighted by Crippen LogP contribution is -2.17. The normalized spacial score (nSPS) is 12.5. The quantitative estimate of drug-likeness (QED) is 0.738. The standard InChI is InChI=1S/C12H20ClN3O/c1-3-4-10(5-6-17)8-14-11-9(2)7-15-12(13)16-11/h7,10,17H,3-6,8H2,1-2H3,(H,14,15,16). The summed E-state index contributed by atoms with van der Waals surface area (Å²) in [4.78, 5) is 8.06. The Morgan fingerprint density at radius 2 is 2.24 bits per heavy atom. The highest BCUT2D eigenvalue weighted by atomic mass is 35.5. The van der Waals surface area contributed by atoms with Crippen LogP contribution in [0.25, 0.3) is 0 Å². The van der Waals surface area contributed by atoms with Crippen molar-refractivity contribution in [3.8, 4) is 0 Å². The third-order valence-electron chi connectivity index (χ3n) is 2.73. The summed E-state index contributed by atoms with van der Waals surface area (Å²) < 4.78 is 0. The first-order valence-corrected chi connectivity index (χ1v) is 6.39. The Balaban J connectivity index is 2.55. The van der Waals surface area contributed by atoms with Crippen LogP contribution in [0.4, 0.5) is 5.82 Å². The van der Waals surface area contributed by atoms with Gasteiger partial charge in [0.05, 0.1) is 0 Å². The zero-order chi connectivity index (χ0) is 12.7. The van der Waals surface area contributed by atoms with Gasteiger partial charge in [-0.2, -0.15) is 0 Å². The third kappa shape index (κ3) is 4.88. The third-order valence-corrected chi connectivity index (χ3v) is 2.92. The Labute approximate surface area is 107 Å². The summed E-state index contributed by atoms with van der Waals surface area (Å²) in [6, 6.07) is 0. The van der Waals surface area contributed by atoms with Crippen molar-refractivity contribution in [2.45, 2.75) is 33.1 Å². The fraction of sp³-hybridized carbons (Fsp3) is 0.667. The van der Waals surface area contributed by atoms with Gasteiger partial charge in [0.2, 0.25) is 5.28 Å². The minimum atomic E-state index is 0.232. The Hall–Kier alpha value is -0.870. The minimum absolute atomic E-state index is 0.232. The molecule has 0 spiro atoms. The molecule has 0 radical (unpaired) electrons. The largest absolute Gasteiger partial charge is 0.396 e. The molecule has 1 heterocycles. The second-order valence-electron chi connectivity index (χ2n) is 4.22. The van der Waals surface area contributed by atoms with E-state index in [-0.39, 0.29) is 11.9 Å². The van der Waals surface area contributed by atoms with Crippen LogP contribution in [-0.2, 0) is 0 Å². The molecule has 1 unspecified atom stereocenters. The van der Waals surface area contributed by atoms with Crippen molar-refractivity contribution in [2.75, 3.05) is 18.5 Å². The van der Waals surface area contributed by atoms with Crippen LogP contribution in [0.3, 0.4) is 0 Å². The average Bonchev–Trinajstić information content (AvgIpc) is 2.30. The lowest BCUT2D eigenvalue weighted by Gasteiger charge is -2.16. The summed E-state index contributed by atoms with van der Waals surface area (Å²) in [6.07, 6.45) is 4.75. The summed E-state index contributed by atoms with van der Waals surface area (Å²) in [6.45, 7) is 5.13. The number of aryl methyl sites for hydroxylation is 1. The second kappa shape index (κ2) is 7.45. The maximum Gasteiger partial charge on any atom is 0.224 e. The molecule has 0 saturated heterocycles. The Kier molecular flexibility index (Phi) is 6.22. The number of nitrogens with one attached hydrogen (secondary N) is 1. The van der Waals surface area contributed by atoms with Crippen LogP contribution in [-0.4, -0.2) is 28.2 Å². The van der Waals surface area contributed by atoms with E-state index in [9.17, 15) is 0 Å². The van der Waals surface area contributed by atoms with E-state index < -0.39 is 0 Å². The summed E-state index contributed by atoms with van der Waals surface area (Å²) in [5, 5.41) is 12.5. The lowest BCUT2D eigenvalue weighted by molar-refractivity contribution is 0.255. The summed E-state index contributed by atoms with van der Waals surface area (Å²) in [5.74, 6) is 1.25. The van der Waals surface area contributed by atoms with E-state index in [0.29, 0.717) is 5.92 Å². The summed E-state index contributed by atoms with van der Waals surface area (Å²) in [5.41, 5.74) is 0.980. The van der Waals surface area contributed by atoms with Crippen molar-refractivity contribution >= 4 is 17.4 Å². The van der Waals surface area contributed by atoms with E-state index in [4.69, 9.17) is 16.7 Å². The van der Waals surface area contributed by atoms with Crippen molar-refractivity contribution in [2.24, 2.45) is 5.92 Å². The van der Waals surface area contributed by atoms with Crippen LogP contribution in [0.5, 0.6) is 0 Å². The molecule has 0 aromatic carbocycles. The van der Waals surface area contributed by atoms with Crippen LogP contribution in [0.2, 0.25) is 5.28 Å². The topological polar surface area (TPSA) is 58.0 Å². The molecule has 1 rings (SSSR count). The van der Waals surface area contributed by atoms with Crippen molar-refractivity contribution in [3.63, 3.8) is 0 Å². The van der Waals surface area contributed by atoms with Gasteiger partial charge in [-0.05, 0) is 37.3 Å². The molecule has 0 fully saturated rings.